The van der Waals surface area contributed by atoms with Gasteiger partial charge in [-0.2, -0.15) is 0 Å². The van der Waals surface area contributed by atoms with Crippen LogP contribution in [0.4, 0.5) is 0 Å². The van der Waals surface area contributed by atoms with Crippen molar-refractivity contribution < 1.29 is 5.11 Å². The fraction of sp³-hybridized carbons (Fsp3) is 0.476. The normalized spacial score (nSPS) is 19.8. The molecule has 1 aliphatic carbocycles. The van der Waals surface area contributed by atoms with E-state index in [4.69, 9.17) is 0 Å². The number of rotatable bonds is 7. The lowest BCUT2D eigenvalue weighted by Gasteiger charge is -2.29. The molecule has 0 saturated heterocycles. The molecule has 6 heteroatoms. The maximum atomic E-state index is 10.4. The summed E-state index contributed by atoms with van der Waals surface area (Å²) in [5, 5.41) is 28.4. The van der Waals surface area contributed by atoms with Crippen LogP contribution in [0.1, 0.15) is 48.6 Å². The van der Waals surface area contributed by atoms with Crippen LogP contribution in [0.3, 0.4) is 0 Å². The lowest BCUT2D eigenvalue weighted by Crippen LogP contribution is -2.25. The van der Waals surface area contributed by atoms with Gasteiger partial charge in [0.1, 0.15) is 0 Å². The van der Waals surface area contributed by atoms with Gasteiger partial charge in [0.15, 0.2) is 5.82 Å². The zero-order chi connectivity index (χ0) is 18.6. The zero-order valence-electron chi connectivity index (χ0n) is 15.6. The molecule has 142 valence electrons. The van der Waals surface area contributed by atoms with Gasteiger partial charge in [-0.05, 0) is 52.3 Å². The maximum Gasteiger partial charge on any atom is 0.152 e. The molecule has 0 bridgehead atoms. The Morgan fingerprint density at radius 1 is 1.22 bits per heavy atom. The minimum Gasteiger partial charge on any atom is -0.513 e. The van der Waals surface area contributed by atoms with E-state index in [1.165, 1.54) is 29.5 Å². The minimum absolute atomic E-state index is 0.00110. The molecule has 2 atom stereocenters. The van der Waals surface area contributed by atoms with Gasteiger partial charge in [-0.15, -0.1) is 5.10 Å². The Kier molecular flexibility index (Phi) is 5.34. The second kappa shape index (κ2) is 8.05. The molecule has 2 aliphatic rings. The minimum atomic E-state index is -0.0244. The van der Waals surface area contributed by atoms with Crippen LogP contribution in [0.15, 0.2) is 42.7 Å². The van der Waals surface area contributed by atoms with Crippen molar-refractivity contribution in [3.63, 3.8) is 0 Å². The summed E-state index contributed by atoms with van der Waals surface area (Å²) in [5.74, 6) is 1.39. The number of nitrogens with zero attached hydrogens (tertiary/aromatic N) is 3. The average Bonchev–Trinajstić information content (AvgIpc) is 3.43. The van der Waals surface area contributed by atoms with Crippen LogP contribution in [0.25, 0.3) is 5.57 Å². The summed E-state index contributed by atoms with van der Waals surface area (Å²) in [4.78, 5) is 0. The van der Waals surface area contributed by atoms with Gasteiger partial charge in [-0.25, -0.2) is 5.10 Å². The lowest BCUT2D eigenvalue weighted by atomic mass is 9.76. The summed E-state index contributed by atoms with van der Waals surface area (Å²) in [6, 6.07) is 8.72. The Hall–Kier alpha value is -2.47. The van der Waals surface area contributed by atoms with E-state index in [9.17, 15) is 5.11 Å². The first-order valence-electron chi connectivity index (χ1n) is 9.83. The quantitative estimate of drug-likeness (QED) is 0.655. The van der Waals surface area contributed by atoms with E-state index in [0.29, 0.717) is 5.92 Å². The van der Waals surface area contributed by atoms with E-state index in [0.717, 1.165) is 38.2 Å². The molecule has 0 amide bonds. The highest BCUT2D eigenvalue weighted by Gasteiger charge is 2.36. The van der Waals surface area contributed by atoms with Crippen molar-refractivity contribution in [2.45, 2.75) is 38.0 Å². The summed E-state index contributed by atoms with van der Waals surface area (Å²) in [5.41, 5.74) is 3.83. The molecule has 3 N–H and O–H groups in total. The van der Waals surface area contributed by atoms with Crippen molar-refractivity contribution in [2.24, 2.45) is 11.8 Å². The fourth-order valence-corrected chi connectivity index (χ4v) is 4.67. The molecule has 1 fully saturated rings. The van der Waals surface area contributed by atoms with Crippen LogP contribution in [-0.2, 0) is 6.42 Å². The van der Waals surface area contributed by atoms with Crippen LogP contribution in [0.5, 0.6) is 0 Å². The first kappa shape index (κ1) is 17.9. The van der Waals surface area contributed by atoms with Crippen molar-refractivity contribution >= 4 is 5.57 Å². The van der Waals surface area contributed by atoms with E-state index in [1.54, 1.807) is 0 Å². The summed E-state index contributed by atoms with van der Waals surface area (Å²) in [6.45, 7) is 5.77. The number of allylic oxidation sites excluding steroid dienone is 1. The van der Waals surface area contributed by atoms with Crippen LogP contribution >= 0.6 is 0 Å². The van der Waals surface area contributed by atoms with Crippen molar-refractivity contribution in [1.82, 2.24) is 25.9 Å². The van der Waals surface area contributed by atoms with E-state index < -0.39 is 0 Å². The molecule has 1 aliphatic heterocycles. The number of benzene rings is 1. The highest BCUT2D eigenvalue weighted by Crippen LogP contribution is 2.42. The van der Waals surface area contributed by atoms with Gasteiger partial charge < -0.3 is 10.4 Å². The third-order valence-electron chi connectivity index (χ3n) is 6.03. The smallest absolute Gasteiger partial charge is 0.152 e. The molecule has 0 radical (unpaired) electrons. The van der Waals surface area contributed by atoms with Gasteiger partial charge in [-0.1, -0.05) is 49.8 Å². The maximum absolute atomic E-state index is 10.4. The number of aliphatic hydroxyl groups excluding tert-OH is 1. The second-order valence-corrected chi connectivity index (χ2v) is 7.72. The van der Waals surface area contributed by atoms with Crippen molar-refractivity contribution in [2.75, 3.05) is 13.1 Å². The number of tetrazole rings is 1. The standard InChI is InChI=1S/C21H27N5O/c1-14(27)20(17-4-2-3-5-17)19(21-23-25-26-24-21)12-15-6-8-16(9-7-15)18-10-11-22-13-18/h6-10,17,19-20,22,27H,1-5,11-13H2,(H,23,24,25,26)/t19-,20-/m0/s1. The summed E-state index contributed by atoms with van der Waals surface area (Å²) in [6.07, 6.45) is 7.70. The Morgan fingerprint density at radius 2 is 2.00 bits per heavy atom. The predicted octanol–water partition coefficient (Wildman–Crippen LogP) is 3.39. The zero-order valence-corrected chi connectivity index (χ0v) is 15.6. The molecule has 0 unspecified atom stereocenters. The SMILES string of the molecule is C=C(O)[C@@H](C1CCCC1)[C@H](Cc1ccc(C2=CCNC2)cc1)c1nnn[nH]1. The van der Waals surface area contributed by atoms with Crippen LogP contribution in [0.2, 0.25) is 0 Å². The number of aromatic nitrogens is 4. The second-order valence-electron chi connectivity index (χ2n) is 7.72. The third-order valence-corrected chi connectivity index (χ3v) is 6.03. The predicted molar refractivity (Wildman–Crippen MR) is 105 cm³/mol. The molecule has 4 rings (SSSR count). The van der Waals surface area contributed by atoms with Gasteiger partial charge in [0.25, 0.3) is 0 Å². The van der Waals surface area contributed by atoms with E-state index in [1.807, 2.05) is 0 Å². The van der Waals surface area contributed by atoms with Gasteiger partial charge in [0, 0.05) is 24.9 Å². The molecule has 2 aromatic rings. The van der Waals surface area contributed by atoms with Crippen molar-refractivity contribution in [3.05, 3.63) is 59.6 Å². The molecule has 27 heavy (non-hydrogen) atoms. The first-order chi connectivity index (χ1) is 13.2. The van der Waals surface area contributed by atoms with Crippen LogP contribution in [0, 0.1) is 11.8 Å². The van der Waals surface area contributed by atoms with Gasteiger partial charge >= 0.3 is 0 Å². The molecule has 6 nitrogen and oxygen atoms in total. The molecule has 0 spiro atoms. The Morgan fingerprint density at radius 3 is 2.59 bits per heavy atom. The van der Waals surface area contributed by atoms with Crippen LogP contribution in [-0.4, -0.2) is 38.8 Å². The average molecular weight is 365 g/mol. The number of hydrogen-bond donors (Lipinski definition) is 3. The summed E-state index contributed by atoms with van der Waals surface area (Å²) >= 11 is 0. The third kappa shape index (κ3) is 3.95. The van der Waals surface area contributed by atoms with Gasteiger partial charge in [-0.3, -0.25) is 0 Å². The number of aromatic amines is 1. The Balaban J connectivity index is 1.58. The van der Waals surface area contributed by atoms with E-state index in [-0.39, 0.29) is 17.6 Å². The van der Waals surface area contributed by atoms with Gasteiger partial charge in [0.05, 0.1) is 5.76 Å². The van der Waals surface area contributed by atoms with E-state index >= 15 is 0 Å². The van der Waals surface area contributed by atoms with Crippen molar-refractivity contribution in [3.8, 4) is 0 Å². The molecular formula is C21H27N5O. The monoisotopic (exact) mass is 365 g/mol. The van der Waals surface area contributed by atoms with Gasteiger partial charge in [0.2, 0.25) is 0 Å². The molecule has 2 heterocycles. The summed E-state index contributed by atoms with van der Waals surface area (Å²) < 4.78 is 0. The Bertz CT molecular complexity index is 790. The molecular weight excluding hydrogens is 338 g/mol. The number of hydrogen-bond acceptors (Lipinski definition) is 5. The number of nitrogens with one attached hydrogen (secondary N) is 2. The Labute approximate surface area is 159 Å². The van der Waals surface area contributed by atoms with Crippen molar-refractivity contribution in [1.29, 1.82) is 0 Å². The molecule has 1 aromatic carbocycles. The fourth-order valence-electron chi connectivity index (χ4n) is 4.67. The number of H-pyrrole nitrogens is 1. The molecule has 1 saturated carbocycles. The highest BCUT2D eigenvalue weighted by molar-refractivity contribution is 5.69. The first-order valence-corrected chi connectivity index (χ1v) is 9.83. The highest BCUT2D eigenvalue weighted by atomic mass is 16.3. The summed E-state index contributed by atoms with van der Waals surface area (Å²) in [7, 11) is 0. The lowest BCUT2D eigenvalue weighted by molar-refractivity contribution is 0.224. The topological polar surface area (TPSA) is 86.7 Å². The van der Waals surface area contributed by atoms with Crippen LogP contribution < -0.4 is 5.32 Å². The number of aliphatic hydroxyl groups is 1. The largest absolute Gasteiger partial charge is 0.513 e. The molecule has 1 aromatic heterocycles. The van der Waals surface area contributed by atoms with E-state index in [2.05, 4.69) is 62.9 Å².